The number of aliphatic hydroxyl groups is 3. The van der Waals surface area contributed by atoms with Crippen LogP contribution in [0.2, 0.25) is 0 Å². The van der Waals surface area contributed by atoms with Crippen LogP contribution in [0.1, 0.15) is 85.5 Å². The summed E-state index contributed by atoms with van der Waals surface area (Å²) < 4.78 is 0. The van der Waals surface area contributed by atoms with E-state index < -0.39 is 17.8 Å². The van der Waals surface area contributed by atoms with E-state index in [0.29, 0.717) is 30.1 Å². The van der Waals surface area contributed by atoms with E-state index in [-0.39, 0.29) is 5.92 Å². The van der Waals surface area contributed by atoms with Crippen LogP contribution >= 0.6 is 0 Å². The van der Waals surface area contributed by atoms with Gasteiger partial charge in [0.1, 0.15) is 0 Å². The van der Waals surface area contributed by atoms with Crippen molar-refractivity contribution in [2.45, 2.75) is 103 Å². The van der Waals surface area contributed by atoms with E-state index in [4.69, 9.17) is 0 Å². The van der Waals surface area contributed by atoms with Crippen LogP contribution in [0.5, 0.6) is 0 Å². The number of hydrogen-bond donors (Lipinski definition) is 3. The van der Waals surface area contributed by atoms with Crippen LogP contribution in [0.25, 0.3) is 0 Å². The maximum atomic E-state index is 10.2. The molecule has 3 N–H and O–H groups in total. The molecule has 30 heavy (non-hydrogen) atoms. The summed E-state index contributed by atoms with van der Waals surface area (Å²) in [6.07, 6.45) is 15.0. The summed E-state index contributed by atoms with van der Waals surface area (Å²) in [6.45, 7) is 12.8. The lowest BCUT2D eigenvalue weighted by molar-refractivity contribution is 0.0522. The predicted molar refractivity (Wildman–Crippen MR) is 124 cm³/mol. The first-order valence-electron chi connectivity index (χ1n) is 12.1. The minimum Gasteiger partial charge on any atom is -0.393 e. The van der Waals surface area contributed by atoms with Gasteiger partial charge in [-0.2, -0.15) is 0 Å². The van der Waals surface area contributed by atoms with Gasteiger partial charge in [0.15, 0.2) is 0 Å². The van der Waals surface area contributed by atoms with Gasteiger partial charge in [0.25, 0.3) is 0 Å². The lowest BCUT2D eigenvalue weighted by Crippen LogP contribution is -2.35. The molecule has 3 rings (SSSR count). The third-order valence-electron chi connectivity index (χ3n) is 8.46. The Hall–Kier alpha value is -0.900. The highest BCUT2D eigenvalue weighted by Gasteiger charge is 2.49. The van der Waals surface area contributed by atoms with Crippen molar-refractivity contribution < 1.29 is 15.3 Å². The molecule has 0 radical (unpaired) electrons. The maximum Gasteiger partial charge on any atom is 0.0774 e. The van der Waals surface area contributed by atoms with Gasteiger partial charge in [0, 0.05) is 6.42 Å². The summed E-state index contributed by atoms with van der Waals surface area (Å²) in [5.41, 5.74) is 2.11. The van der Waals surface area contributed by atoms with Crippen LogP contribution in [0.3, 0.4) is 0 Å². The summed E-state index contributed by atoms with van der Waals surface area (Å²) in [6, 6.07) is 0. The average molecular weight is 417 g/mol. The SMILES string of the molecule is C=C1C(C/C=C2\C=CC[C@]3(C)[C@@H]([C@H](C)CCCC(C)(C)O)CC[C@@H]23)C[C@@H](O)C[C@@H]1O. The molecule has 0 aromatic heterocycles. The topological polar surface area (TPSA) is 60.7 Å². The van der Waals surface area contributed by atoms with Crippen molar-refractivity contribution in [2.75, 3.05) is 0 Å². The van der Waals surface area contributed by atoms with Crippen molar-refractivity contribution in [1.82, 2.24) is 0 Å². The minimum absolute atomic E-state index is 0.177. The molecule has 170 valence electrons. The summed E-state index contributed by atoms with van der Waals surface area (Å²) in [5, 5.41) is 30.2. The first-order valence-corrected chi connectivity index (χ1v) is 12.1. The normalized spacial score (nSPS) is 39.4. The summed E-state index contributed by atoms with van der Waals surface area (Å²) >= 11 is 0. The Balaban J connectivity index is 1.65. The molecule has 0 bridgehead atoms. The standard InChI is InChI=1S/C27H44O3/c1-18(8-6-14-26(3,4)30)23-12-13-24-20(9-7-15-27(23,24)5)10-11-21-16-22(28)17-25(29)19(21)2/h7,9-10,18,21-25,28-30H,2,6,8,11-17H2,1,3-5H3/b20-10+/t18-,21?,22-,23-,24+,25+,27-/m1/s1. The first-order chi connectivity index (χ1) is 14.0. The van der Waals surface area contributed by atoms with Gasteiger partial charge in [-0.3, -0.25) is 0 Å². The van der Waals surface area contributed by atoms with Crippen molar-refractivity contribution in [3.63, 3.8) is 0 Å². The molecule has 0 aromatic rings. The molecule has 3 heteroatoms. The van der Waals surface area contributed by atoms with Crippen molar-refractivity contribution >= 4 is 0 Å². The van der Waals surface area contributed by atoms with Crippen LogP contribution in [0.15, 0.2) is 36.0 Å². The lowest BCUT2D eigenvalue weighted by atomic mass is 9.62. The van der Waals surface area contributed by atoms with Crippen molar-refractivity contribution in [3.8, 4) is 0 Å². The molecule has 0 amide bonds. The Kier molecular flexibility index (Phi) is 7.37. The number of hydrogen-bond acceptors (Lipinski definition) is 3. The highest BCUT2D eigenvalue weighted by molar-refractivity contribution is 5.31. The van der Waals surface area contributed by atoms with Gasteiger partial charge in [0.05, 0.1) is 17.8 Å². The highest BCUT2D eigenvalue weighted by atomic mass is 16.3. The molecular formula is C27H44O3. The Morgan fingerprint density at radius 2 is 2.00 bits per heavy atom. The monoisotopic (exact) mass is 416 g/mol. The smallest absolute Gasteiger partial charge is 0.0774 e. The van der Waals surface area contributed by atoms with Crippen molar-refractivity contribution in [1.29, 1.82) is 0 Å². The van der Waals surface area contributed by atoms with Crippen molar-refractivity contribution in [3.05, 3.63) is 36.0 Å². The number of rotatable bonds is 7. The molecule has 2 saturated carbocycles. The van der Waals surface area contributed by atoms with Gasteiger partial charge < -0.3 is 15.3 Å². The van der Waals surface area contributed by atoms with Crippen LogP contribution in [0, 0.1) is 29.1 Å². The van der Waals surface area contributed by atoms with Gasteiger partial charge in [-0.1, -0.05) is 51.5 Å². The van der Waals surface area contributed by atoms with Gasteiger partial charge in [0.2, 0.25) is 0 Å². The van der Waals surface area contributed by atoms with E-state index in [0.717, 1.165) is 37.2 Å². The summed E-state index contributed by atoms with van der Waals surface area (Å²) in [5.74, 6) is 2.19. The van der Waals surface area contributed by atoms with Crippen molar-refractivity contribution in [2.24, 2.45) is 29.1 Å². The summed E-state index contributed by atoms with van der Waals surface area (Å²) in [7, 11) is 0. The number of aliphatic hydroxyl groups excluding tert-OH is 2. The Labute approximate surface area is 184 Å². The fourth-order valence-electron chi connectivity index (χ4n) is 6.66. The molecule has 0 aromatic carbocycles. The second-order valence-electron chi connectivity index (χ2n) is 11.4. The van der Waals surface area contributed by atoms with Crippen LogP contribution in [-0.4, -0.2) is 33.1 Å². The first kappa shape index (κ1) is 23.8. The molecule has 0 saturated heterocycles. The van der Waals surface area contributed by atoms with Gasteiger partial charge in [-0.05, 0) is 92.6 Å². The number of allylic oxidation sites excluding steroid dienone is 4. The largest absolute Gasteiger partial charge is 0.393 e. The quantitative estimate of drug-likeness (QED) is 0.476. The van der Waals surface area contributed by atoms with Crippen LogP contribution in [-0.2, 0) is 0 Å². The van der Waals surface area contributed by atoms with E-state index in [1.165, 1.54) is 24.8 Å². The van der Waals surface area contributed by atoms with Crippen LogP contribution < -0.4 is 0 Å². The molecular weight excluding hydrogens is 372 g/mol. The third-order valence-corrected chi connectivity index (χ3v) is 8.46. The molecule has 0 heterocycles. The van der Waals surface area contributed by atoms with E-state index in [1.54, 1.807) is 0 Å². The minimum atomic E-state index is -0.565. The fourth-order valence-corrected chi connectivity index (χ4v) is 6.66. The molecule has 3 nitrogen and oxygen atoms in total. The van der Waals surface area contributed by atoms with Gasteiger partial charge in [-0.15, -0.1) is 0 Å². The molecule has 0 spiro atoms. The second kappa shape index (κ2) is 9.30. The highest BCUT2D eigenvalue weighted by Crippen LogP contribution is 2.58. The molecule has 1 unspecified atom stereocenters. The third kappa shape index (κ3) is 5.29. The number of fused-ring (bicyclic) bond motifs is 1. The molecule has 0 aliphatic heterocycles. The van der Waals surface area contributed by atoms with E-state index >= 15 is 0 Å². The van der Waals surface area contributed by atoms with E-state index in [9.17, 15) is 15.3 Å². The van der Waals surface area contributed by atoms with Gasteiger partial charge >= 0.3 is 0 Å². The molecule has 3 aliphatic carbocycles. The van der Waals surface area contributed by atoms with E-state index in [1.807, 2.05) is 13.8 Å². The molecule has 3 aliphatic rings. The summed E-state index contributed by atoms with van der Waals surface area (Å²) in [4.78, 5) is 0. The zero-order chi connectivity index (χ0) is 22.1. The lowest BCUT2D eigenvalue weighted by Gasteiger charge is -2.42. The zero-order valence-corrected chi connectivity index (χ0v) is 19.6. The Morgan fingerprint density at radius 3 is 2.70 bits per heavy atom. The Morgan fingerprint density at radius 1 is 1.27 bits per heavy atom. The van der Waals surface area contributed by atoms with Crippen LogP contribution in [0.4, 0.5) is 0 Å². The van der Waals surface area contributed by atoms with E-state index in [2.05, 4.69) is 38.7 Å². The molecule has 2 fully saturated rings. The van der Waals surface area contributed by atoms with Gasteiger partial charge in [-0.25, -0.2) is 0 Å². The second-order valence-corrected chi connectivity index (χ2v) is 11.4. The predicted octanol–water partition coefficient (Wildman–Crippen LogP) is 5.56. The fraction of sp³-hybridized carbons (Fsp3) is 0.778. The average Bonchev–Trinajstić information content (AvgIpc) is 3.00. The maximum absolute atomic E-state index is 10.2. The zero-order valence-electron chi connectivity index (χ0n) is 19.6. The Bertz CT molecular complexity index is 670. The molecule has 7 atom stereocenters.